The lowest BCUT2D eigenvalue weighted by Crippen LogP contribution is -2.31. The van der Waals surface area contributed by atoms with E-state index >= 15 is 0 Å². The average molecular weight is 324 g/mol. The molecule has 0 aliphatic heterocycles. The maximum atomic E-state index is 12.2. The lowest BCUT2D eigenvalue weighted by molar-refractivity contribution is -0.115. The van der Waals surface area contributed by atoms with E-state index in [0.29, 0.717) is 12.4 Å². The molecule has 0 fully saturated rings. The van der Waals surface area contributed by atoms with Gasteiger partial charge in [0.05, 0.1) is 6.54 Å². The molecule has 2 aromatic carbocycles. The Kier molecular flexibility index (Phi) is 7.05. The predicted molar refractivity (Wildman–Crippen MR) is 98.2 cm³/mol. The number of anilines is 1. The van der Waals surface area contributed by atoms with Crippen LogP contribution in [0.1, 0.15) is 24.9 Å². The minimum Gasteiger partial charge on any atom is -0.489 e. The summed E-state index contributed by atoms with van der Waals surface area (Å²) < 4.78 is 5.47. The van der Waals surface area contributed by atoms with E-state index in [9.17, 15) is 4.79 Å². The number of rotatable bonds is 9. The number of amides is 1. The van der Waals surface area contributed by atoms with Crippen LogP contribution in [0.3, 0.4) is 0 Å². The van der Waals surface area contributed by atoms with Gasteiger partial charge in [-0.25, -0.2) is 0 Å². The summed E-state index contributed by atoms with van der Waals surface area (Å²) in [7, 11) is 0. The molecule has 1 unspecified atom stereocenters. The Balaban J connectivity index is 1.87. The molecule has 0 saturated heterocycles. The van der Waals surface area contributed by atoms with Crippen LogP contribution in [0.2, 0.25) is 0 Å². The van der Waals surface area contributed by atoms with Gasteiger partial charge in [0.25, 0.3) is 0 Å². The van der Waals surface area contributed by atoms with Crippen molar-refractivity contribution < 1.29 is 9.53 Å². The van der Waals surface area contributed by atoms with Gasteiger partial charge in [0, 0.05) is 17.8 Å². The van der Waals surface area contributed by atoms with Gasteiger partial charge in [0.2, 0.25) is 5.91 Å². The van der Waals surface area contributed by atoms with Crippen LogP contribution in [0, 0.1) is 0 Å². The highest BCUT2D eigenvalue weighted by molar-refractivity contribution is 5.92. The third kappa shape index (κ3) is 5.56. The number of hydrogen-bond donors (Lipinski definition) is 2. The maximum Gasteiger partial charge on any atom is 0.238 e. The van der Waals surface area contributed by atoms with Crippen molar-refractivity contribution in [2.24, 2.45) is 0 Å². The van der Waals surface area contributed by atoms with Gasteiger partial charge in [-0.05, 0) is 24.1 Å². The van der Waals surface area contributed by atoms with Crippen molar-refractivity contribution in [3.8, 4) is 5.75 Å². The third-order valence-electron chi connectivity index (χ3n) is 3.60. The Labute approximate surface area is 143 Å². The zero-order valence-electron chi connectivity index (χ0n) is 14.0. The summed E-state index contributed by atoms with van der Waals surface area (Å²) >= 11 is 0. The van der Waals surface area contributed by atoms with Crippen LogP contribution in [0.4, 0.5) is 5.69 Å². The Morgan fingerprint density at radius 2 is 2.00 bits per heavy atom. The summed E-state index contributed by atoms with van der Waals surface area (Å²) in [5.41, 5.74) is 1.91. The van der Waals surface area contributed by atoms with Gasteiger partial charge in [-0.2, -0.15) is 0 Å². The molecule has 0 spiro atoms. The highest BCUT2D eigenvalue weighted by atomic mass is 16.5. The van der Waals surface area contributed by atoms with Crippen LogP contribution < -0.4 is 15.4 Å². The number of benzene rings is 2. The zero-order chi connectivity index (χ0) is 17.2. The van der Waals surface area contributed by atoms with Crippen molar-refractivity contribution in [1.29, 1.82) is 0 Å². The number of nitrogens with one attached hydrogen (secondary N) is 2. The summed E-state index contributed by atoms with van der Waals surface area (Å²) in [6.07, 6.45) is 2.60. The van der Waals surface area contributed by atoms with Crippen molar-refractivity contribution >= 4 is 11.6 Å². The lowest BCUT2D eigenvalue weighted by Gasteiger charge is -2.17. The van der Waals surface area contributed by atoms with E-state index in [-0.39, 0.29) is 18.5 Å². The molecule has 4 nitrogen and oxygen atoms in total. The van der Waals surface area contributed by atoms with Gasteiger partial charge in [0.15, 0.2) is 0 Å². The van der Waals surface area contributed by atoms with Crippen LogP contribution in [-0.4, -0.2) is 19.1 Å². The normalized spacial score (nSPS) is 11.5. The Hall–Kier alpha value is -2.59. The molecule has 0 saturated carbocycles. The monoisotopic (exact) mass is 324 g/mol. The lowest BCUT2D eigenvalue weighted by atomic mass is 10.0. The van der Waals surface area contributed by atoms with E-state index in [2.05, 4.69) is 36.3 Å². The second-order valence-electron chi connectivity index (χ2n) is 5.43. The summed E-state index contributed by atoms with van der Waals surface area (Å²) in [6.45, 7) is 6.41. The van der Waals surface area contributed by atoms with E-state index in [1.54, 1.807) is 12.1 Å². The van der Waals surface area contributed by atoms with Crippen molar-refractivity contribution in [2.45, 2.75) is 19.4 Å². The molecule has 24 heavy (non-hydrogen) atoms. The number of hydrogen-bond acceptors (Lipinski definition) is 3. The molecular weight excluding hydrogens is 300 g/mol. The molecule has 0 aromatic heterocycles. The first-order chi connectivity index (χ1) is 11.7. The molecule has 2 aromatic rings. The maximum absolute atomic E-state index is 12.2. The number of carbonyl (C=O) groups is 1. The molecule has 1 atom stereocenters. The van der Waals surface area contributed by atoms with Crippen LogP contribution in [0.15, 0.2) is 67.3 Å². The third-order valence-corrected chi connectivity index (χ3v) is 3.60. The fourth-order valence-corrected chi connectivity index (χ4v) is 2.42. The number of ether oxygens (including phenoxy) is 1. The van der Waals surface area contributed by atoms with Crippen LogP contribution in [-0.2, 0) is 4.79 Å². The molecule has 2 rings (SSSR count). The molecule has 126 valence electrons. The molecule has 0 aliphatic rings. The predicted octanol–water partition coefficient (Wildman–Crippen LogP) is 3.93. The van der Waals surface area contributed by atoms with Crippen molar-refractivity contribution in [3.63, 3.8) is 0 Å². The molecule has 0 bridgehead atoms. The summed E-state index contributed by atoms with van der Waals surface area (Å²) in [5, 5.41) is 6.18. The van der Waals surface area contributed by atoms with Crippen molar-refractivity contribution in [1.82, 2.24) is 5.32 Å². The largest absolute Gasteiger partial charge is 0.489 e. The van der Waals surface area contributed by atoms with E-state index in [1.807, 2.05) is 36.4 Å². The molecular formula is C20H24N2O2. The van der Waals surface area contributed by atoms with Gasteiger partial charge in [-0.15, -0.1) is 0 Å². The average Bonchev–Trinajstić information content (AvgIpc) is 2.62. The van der Waals surface area contributed by atoms with Gasteiger partial charge in [-0.1, -0.05) is 56.0 Å². The Morgan fingerprint density at radius 1 is 1.21 bits per heavy atom. The summed E-state index contributed by atoms with van der Waals surface area (Å²) in [4.78, 5) is 12.2. The first kappa shape index (κ1) is 17.8. The zero-order valence-corrected chi connectivity index (χ0v) is 14.0. The second kappa shape index (κ2) is 9.53. The van der Waals surface area contributed by atoms with Crippen LogP contribution in [0.5, 0.6) is 5.75 Å². The molecule has 1 amide bonds. The highest BCUT2D eigenvalue weighted by Gasteiger charge is 2.10. The fraction of sp³-hybridized carbons (Fsp3) is 0.250. The van der Waals surface area contributed by atoms with E-state index in [0.717, 1.165) is 12.1 Å². The smallest absolute Gasteiger partial charge is 0.238 e. The minimum atomic E-state index is -0.0785. The Morgan fingerprint density at radius 3 is 2.71 bits per heavy atom. The van der Waals surface area contributed by atoms with E-state index < -0.39 is 0 Å². The molecule has 0 heterocycles. The van der Waals surface area contributed by atoms with Gasteiger partial charge < -0.3 is 15.4 Å². The molecule has 2 N–H and O–H groups in total. The SMILES string of the molecule is C=CCOc1cccc(NC(=O)CNC(CC)c2ccccc2)c1. The van der Waals surface area contributed by atoms with Gasteiger partial charge in [-0.3, -0.25) is 4.79 Å². The second-order valence-corrected chi connectivity index (χ2v) is 5.43. The van der Waals surface area contributed by atoms with E-state index in [4.69, 9.17) is 4.74 Å². The standard InChI is InChI=1S/C20H24N2O2/c1-3-13-24-18-12-8-11-17(14-18)22-20(23)15-21-19(4-2)16-9-6-5-7-10-16/h3,5-12,14,19,21H,1,4,13,15H2,2H3,(H,22,23). The van der Waals surface area contributed by atoms with Crippen molar-refractivity contribution in [2.75, 3.05) is 18.5 Å². The molecule has 4 heteroatoms. The quantitative estimate of drug-likeness (QED) is 0.687. The van der Waals surface area contributed by atoms with E-state index in [1.165, 1.54) is 5.56 Å². The summed E-state index contributed by atoms with van der Waals surface area (Å²) in [5.74, 6) is 0.627. The van der Waals surface area contributed by atoms with Crippen molar-refractivity contribution in [3.05, 3.63) is 72.8 Å². The summed E-state index contributed by atoms with van der Waals surface area (Å²) in [6, 6.07) is 17.6. The molecule has 0 radical (unpaired) electrons. The first-order valence-corrected chi connectivity index (χ1v) is 8.15. The minimum absolute atomic E-state index is 0.0785. The number of carbonyl (C=O) groups excluding carboxylic acids is 1. The Bertz CT molecular complexity index is 656. The topological polar surface area (TPSA) is 50.4 Å². The van der Waals surface area contributed by atoms with Gasteiger partial charge >= 0.3 is 0 Å². The highest BCUT2D eigenvalue weighted by Crippen LogP contribution is 2.18. The van der Waals surface area contributed by atoms with Crippen LogP contribution >= 0.6 is 0 Å². The first-order valence-electron chi connectivity index (χ1n) is 8.15. The van der Waals surface area contributed by atoms with Gasteiger partial charge in [0.1, 0.15) is 12.4 Å². The fourth-order valence-electron chi connectivity index (χ4n) is 2.42. The molecule has 0 aliphatic carbocycles. The van der Waals surface area contributed by atoms with Crippen LogP contribution in [0.25, 0.3) is 0 Å².